The fourth-order valence-corrected chi connectivity index (χ4v) is 1.92. The van der Waals surface area contributed by atoms with Crippen molar-refractivity contribution in [1.29, 1.82) is 0 Å². The molecule has 2 heteroatoms. The van der Waals surface area contributed by atoms with E-state index in [4.69, 9.17) is 9.47 Å². The Morgan fingerprint density at radius 1 is 1.00 bits per heavy atom. The van der Waals surface area contributed by atoms with Crippen molar-refractivity contribution < 1.29 is 9.47 Å². The molecule has 1 aliphatic rings. The normalized spacial score (nSPS) is 14.2. The Hall–Kier alpha value is -1.96. The number of rotatable bonds is 5. The smallest absolute Gasteiger partial charge is 0.131 e. The minimum atomic E-state index is 0.765. The Balaban J connectivity index is 1.70. The molecule has 19 heavy (non-hydrogen) atoms. The van der Waals surface area contributed by atoms with Crippen molar-refractivity contribution in [3.05, 3.63) is 54.1 Å². The first-order chi connectivity index (χ1) is 9.31. The lowest BCUT2D eigenvalue weighted by Gasteiger charge is -2.10. The van der Waals surface area contributed by atoms with Gasteiger partial charge in [0.1, 0.15) is 17.2 Å². The number of benzene rings is 2. The molecule has 0 bridgehead atoms. The monoisotopic (exact) mass is 254 g/mol. The molecule has 1 aliphatic carbocycles. The molecular formula is C17H18O2. The van der Waals surface area contributed by atoms with Gasteiger partial charge in [0.25, 0.3) is 0 Å². The SMILES string of the molecule is Cc1ccccc1Oc1cccc(OCC2CC2)c1. The quantitative estimate of drug-likeness (QED) is 0.777. The standard InChI is InChI=1S/C17H18O2/c1-13-5-2-3-8-17(13)19-16-7-4-6-15(11-16)18-12-14-9-10-14/h2-8,11,14H,9-10,12H2,1H3. The molecule has 0 saturated heterocycles. The van der Waals surface area contributed by atoms with Crippen LogP contribution in [0.25, 0.3) is 0 Å². The first-order valence-electron chi connectivity index (χ1n) is 6.77. The Morgan fingerprint density at radius 2 is 1.79 bits per heavy atom. The van der Waals surface area contributed by atoms with Crippen molar-refractivity contribution in [3.8, 4) is 17.2 Å². The van der Waals surface area contributed by atoms with Gasteiger partial charge in [0.05, 0.1) is 6.61 Å². The molecule has 0 N–H and O–H groups in total. The fourth-order valence-electron chi connectivity index (χ4n) is 1.92. The van der Waals surface area contributed by atoms with E-state index in [0.717, 1.165) is 35.3 Å². The number of aryl methyl sites for hydroxylation is 1. The summed E-state index contributed by atoms with van der Waals surface area (Å²) in [6.07, 6.45) is 2.61. The van der Waals surface area contributed by atoms with Gasteiger partial charge in [-0.2, -0.15) is 0 Å². The highest BCUT2D eigenvalue weighted by atomic mass is 16.5. The van der Waals surface area contributed by atoms with E-state index in [1.165, 1.54) is 12.8 Å². The molecule has 0 radical (unpaired) electrons. The third-order valence-electron chi connectivity index (χ3n) is 3.31. The molecule has 0 aliphatic heterocycles. The third-order valence-corrected chi connectivity index (χ3v) is 3.31. The first-order valence-corrected chi connectivity index (χ1v) is 6.77. The lowest BCUT2D eigenvalue weighted by Crippen LogP contribution is -1.98. The van der Waals surface area contributed by atoms with Gasteiger partial charge < -0.3 is 9.47 Å². The summed E-state index contributed by atoms with van der Waals surface area (Å²) >= 11 is 0. The second kappa shape index (κ2) is 5.35. The molecule has 1 saturated carbocycles. The van der Waals surface area contributed by atoms with Crippen molar-refractivity contribution in [2.24, 2.45) is 5.92 Å². The Kier molecular flexibility index (Phi) is 3.41. The van der Waals surface area contributed by atoms with Crippen LogP contribution in [0.3, 0.4) is 0 Å². The van der Waals surface area contributed by atoms with Crippen molar-refractivity contribution in [3.63, 3.8) is 0 Å². The van der Waals surface area contributed by atoms with Crippen molar-refractivity contribution in [1.82, 2.24) is 0 Å². The van der Waals surface area contributed by atoms with Gasteiger partial charge in [-0.3, -0.25) is 0 Å². The van der Waals surface area contributed by atoms with Crippen LogP contribution >= 0.6 is 0 Å². The average Bonchev–Trinajstić information content (AvgIpc) is 3.24. The molecule has 0 aromatic heterocycles. The van der Waals surface area contributed by atoms with Gasteiger partial charge in [-0.25, -0.2) is 0 Å². The molecule has 1 fully saturated rings. The predicted octanol–water partition coefficient (Wildman–Crippen LogP) is 4.58. The molecule has 0 unspecified atom stereocenters. The van der Waals surface area contributed by atoms with Crippen LogP contribution < -0.4 is 9.47 Å². The topological polar surface area (TPSA) is 18.5 Å². The molecule has 2 aromatic carbocycles. The predicted molar refractivity (Wildman–Crippen MR) is 75.9 cm³/mol. The highest BCUT2D eigenvalue weighted by molar-refractivity contribution is 5.39. The Labute approximate surface area is 114 Å². The molecule has 2 nitrogen and oxygen atoms in total. The zero-order valence-corrected chi connectivity index (χ0v) is 11.1. The van der Waals surface area contributed by atoms with E-state index in [-0.39, 0.29) is 0 Å². The summed E-state index contributed by atoms with van der Waals surface area (Å²) < 4.78 is 11.7. The Bertz CT molecular complexity index is 559. The molecular weight excluding hydrogens is 236 g/mol. The van der Waals surface area contributed by atoms with Crippen molar-refractivity contribution in [2.45, 2.75) is 19.8 Å². The van der Waals surface area contributed by atoms with E-state index in [1.807, 2.05) is 55.5 Å². The maximum atomic E-state index is 5.89. The lowest BCUT2D eigenvalue weighted by molar-refractivity contribution is 0.298. The summed E-state index contributed by atoms with van der Waals surface area (Å²) in [5, 5.41) is 0. The van der Waals surface area contributed by atoms with Crippen LogP contribution in [0.1, 0.15) is 18.4 Å². The number of ether oxygens (including phenoxy) is 2. The largest absolute Gasteiger partial charge is 0.493 e. The van der Waals surface area contributed by atoms with E-state index in [2.05, 4.69) is 0 Å². The van der Waals surface area contributed by atoms with E-state index in [0.29, 0.717) is 0 Å². The highest BCUT2D eigenvalue weighted by Gasteiger charge is 2.21. The molecule has 0 atom stereocenters. The number of para-hydroxylation sites is 1. The number of hydrogen-bond acceptors (Lipinski definition) is 2. The maximum Gasteiger partial charge on any atom is 0.131 e. The lowest BCUT2D eigenvalue weighted by atomic mass is 10.2. The molecule has 3 rings (SSSR count). The summed E-state index contributed by atoms with van der Waals surface area (Å²) in [7, 11) is 0. The summed E-state index contributed by atoms with van der Waals surface area (Å²) in [5.41, 5.74) is 1.13. The summed E-state index contributed by atoms with van der Waals surface area (Å²) in [6.45, 7) is 2.87. The van der Waals surface area contributed by atoms with Crippen LogP contribution in [-0.2, 0) is 0 Å². The zero-order valence-electron chi connectivity index (χ0n) is 11.1. The van der Waals surface area contributed by atoms with Gasteiger partial charge in [-0.1, -0.05) is 24.3 Å². The van der Waals surface area contributed by atoms with E-state index >= 15 is 0 Å². The summed E-state index contributed by atoms with van der Waals surface area (Å²) in [6, 6.07) is 15.9. The third kappa shape index (κ3) is 3.28. The van der Waals surface area contributed by atoms with Gasteiger partial charge >= 0.3 is 0 Å². The zero-order chi connectivity index (χ0) is 13.1. The van der Waals surface area contributed by atoms with Crippen molar-refractivity contribution in [2.75, 3.05) is 6.61 Å². The van der Waals surface area contributed by atoms with Gasteiger partial charge in [-0.15, -0.1) is 0 Å². The van der Waals surface area contributed by atoms with Crippen LogP contribution in [-0.4, -0.2) is 6.61 Å². The van der Waals surface area contributed by atoms with Gasteiger partial charge in [0.15, 0.2) is 0 Å². The minimum Gasteiger partial charge on any atom is -0.493 e. The second-order valence-corrected chi connectivity index (χ2v) is 5.10. The molecule has 2 aromatic rings. The maximum absolute atomic E-state index is 5.89. The van der Waals surface area contributed by atoms with Crippen LogP contribution in [0, 0.1) is 12.8 Å². The van der Waals surface area contributed by atoms with Crippen molar-refractivity contribution >= 4 is 0 Å². The molecule has 0 heterocycles. The first kappa shape index (κ1) is 12.1. The van der Waals surface area contributed by atoms with Crippen LogP contribution in [0.15, 0.2) is 48.5 Å². The Morgan fingerprint density at radius 3 is 2.58 bits per heavy atom. The minimum absolute atomic E-state index is 0.765. The van der Waals surface area contributed by atoms with Crippen LogP contribution in [0.2, 0.25) is 0 Å². The summed E-state index contributed by atoms with van der Waals surface area (Å²) in [4.78, 5) is 0. The molecule has 0 spiro atoms. The second-order valence-electron chi connectivity index (χ2n) is 5.10. The fraction of sp³-hybridized carbons (Fsp3) is 0.294. The summed E-state index contributed by atoms with van der Waals surface area (Å²) in [5.74, 6) is 3.36. The van der Waals surface area contributed by atoms with E-state index < -0.39 is 0 Å². The van der Waals surface area contributed by atoms with Crippen LogP contribution in [0.4, 0.5) is 0 Å². The number of hydrogen-bond donors (Lipinski definition) is 0. The van der Waals surface area contributed by atoms with E-state index in [1.54, 1.807) is 0 Å². The average molecular weight is 254 g/mol. The van der Waals surface area contributed by atoms with Crippen LogP contribution in [0.5, 0.6) is 17.2 Å². The van der Waals surface area contributed by atoms with Gasteiger partial charge in [-0.05, 0) is 49.4 Å². The molecule has 0 amide bonds. The highest BCUT2D eigenvalue weighted by Crippen LogP contribution is 2.31. The van der Waals surface area contributed by atoms with Gasteiger partial charge in [0, 0.05) is 6.07 Å². The molecule has 98 valence electrons. The van der Waals surface area contributed by atoms with E-state index in [9.17, 15) is 0 Å². The van der Waals surface area contributed by atoms with Gasteiger partial charge in [0.2, 0.25) is 0 Å².